The number of rotatable bonds is 3. The van der Waals surface area contributed by atoms with Gasteiger partial charge >= 0.3 is 0 Å². The maximum atomic E-state index is 2.72. The summed E-state index contributed by atoms with van der Waals surface area (Å²) in [6.07, 6.45) is 8.65. The van der Waals surface area contributed by atoms with Crippen molar-refractivity contribution in [1.82, 2.24) is 4.90 Å². The van der Waals surface area contributed by atoms with Crippen LogP contribution in [0.1, 0.15) is 55.7 Å². The maximum Gasteiger partial charge on any atom is 0.0601 e. The van der Waals surface area contributed by atoms with Crippen molar-refractivity contribution in [3.63, 3.8) is 0 Å². The zero-order chi connectivity index (χ0) is 15.5. The Balaban J connectivity index is 1.59. The molecule has 1 saturated heterocycles. The van der Waals surface area contributed by atoms with Crippen LogP contribution in [-0.4, -0.2) is 18.0 Å². The van der Waals surface area contributed by atoms with Crippen LogP contribution in [0.3, 0.4) is 0 Å². The molecular weight excluding hydrogens is 278 g/mol. The molecule has 2 aliphatic rings. The van der Waals surface area contributed by atoms with Gasteiger partial charge in [-0.05, 0) is 55.3 Å². The second kappa shape index (κ2) is 6.49. The summed E-state index contributed by atoms with van der Waals surface area (Å²) in [6.45, 7) is 2.49. The summed E-state index contributed by atoms with van der Waals surface area (Å²) in [5.74, 6) is 0. The highest BCUT2D eigenvalue weighted by atomic mass is 15.2. The fourth-order valence-corrected chi connectivity index (χ4v) is 4.77. The maximum absolute atomic E-state index is 2.72. The van der Waals surface area contributed by atoms with Crippen LogP contribution >= 0.6 is 0 Å². The minimum atomic E-state index is 0.413. The van der Waals surface area contributed by atoms with Crippen LogP contribution in [0.15, 0.2) is 60.7 Å². The van der Waals surface area contributed by atoms with Crippen molar-refractivity contribution in [2.24, 2.45) is 5.41 Å². The molecular formula is C22H27N. The molecule has 4 rings (SSSR count). The van der Waals surface area contributed by atoms with E-state index in [1.165, 1.54) is 62.7 Å². The van der Waals surface area contributed by atoms with Crippen molar-refractivity contribution in [2.75, 3.05) is 13.1 Å². The van der Waals surface area contributed by atoms with E-state index in [-0.39, 0.29) is 0 Å². The number of benzene rings is 2. The lowest BCUT2D eigenvalue weighted by atomic mass is 9.76. The normalized spacial score (nSPS) is 21.1. The van der Waals surface area contributed by atoms with E-state index in [2.05, 4.69) is 65.6 Å². The van der Waals surface area contributed by atoms with Gasteiger partial charge in [-0.15, -0.1) is 0 Å². The van der Waals surface area contributed by atoms with E-state index in [4.69, 9.17) is 0 Å². The molecule has 0 bridgehead atoms. The molecule has 0 aromatic heterocycles. The van der Waals surface area contributed by atoms with Crippen LogP contribution < -0.4 is 0 Å². The third-order valence-corrected chi connectivity index (χ3v) is 6.12. The highest BCUT2D eigenvalue weighted by Gasteiger charge is 2.38. The SMILES string of the molecule is c1ccc(C(c2ccccc2)N2CCC3(CCCC3)CC2)cc1. The molecule has 1 saturated carbocycles. The number of nitrogens with zero attached hydrogens (tertiary/aromatic N) is 1. The first-order valence-electron chi connectivity index (χ1n) is 9.20. The van der Waals surface area contributed by atoms with Crippen molar-refractivity contribution in [2.45, 2.75) is 44.6 Å². The van der Waals surface area contributed by atoms with Crippen molar-refractivity contribution in [1.29, 1.82) is 0 Å². The monoisotopic (exact) mass is 305 g/mol. The van der Waals surface area contributed by atoms with Gasteiger partial charge in [0, 0.05) is 0 Å². The average molecular weight is 305 g/mol. The summed E-state index contributed by atoms with van der Waals surface area (Å²) in [6, 6.07) is 22.5. The van der Waals surface area contributed by atoms with E-state index in [1.807, 2.05) is 0 Å². The number of piperidine rings is 1. The van der Waals surface area contributed by atoms with Crippen LogP contribution in [-0.2, 0) is 0 Å². The Labute approximate surface area is 140 Å². The molecule has 1 aliphatic heterocycles. The van der Waals surface area contributed by atoms with Gasteiger partial charge in [-0.2, -0.15) is 0 Å². The molecule has 1 aliphatic carbocycles. The molecule has 0 radical (unpaired) electrons. The summed E-state index contributed by atoms with van der Waals surface area (Å²) in [7, 11) is 0. The molecule has 23 heavy (non-hydrogen) atoms. The highest BCUT2D eigenvalue weighted by molar-refractivity contribution is 5.32. The Morgan fingerprint density at radius 2 is 1.13 bits per heavy atom. The molecule has 1 spiro atoms. The first-order valence-corrected chi connectivity index (χ1v) is 9.20. The van der Waals surface area contributed by atoms with Gasteiger partial charge in [-0.25, -0.2) is 0 Å². The van der Waals surface area contributed by atoms with Crippen LogP contribution in [0.5, 0.6) is 0 Å². The Morgan fingerprint density at radius 3 is 1.61 bits per heavy atom. The zero-order valence-corrected chi connectivity index (χ0v) is 14.0. The number of likely N-dealkylation sites (tertiary alicyclic amines) is 1. The summed E-state index contributed by atoms with van der Waals surface area (Å²) >= 11 is 0. The number of hydrogen-bond donors (Lipinski definition) is 0. The van der Waals surface area contributed by atoms with Gasteiger partial charge in [0.05, 0.1) is 6.04 Å². The van der Waals surface area contributed by atoms with Crippen LogP contribution in [0.4, 0.5) is 0 Å². The Bertz CT molecular complexity index is 563. The lowest BCUT2D eigenvalue weighted by Gasteiger charge is -2.43. The van der Waals surface area contributed by atoms with Gasteiger partial charge in [-0.3, -0.25) is 4.90 Å². The Hall–Kier alpha value is -1.60. The van der Waals surface area contributed by atoms with Gasteiger partial charge in [0.2, 0.25) is 0 Å². The lowest BCUT2D eigenvalue weighted by Crippen LogP contribution is -2.41. The summed E-state index contributed by atoms with van der Waals surface area (Å²) in [5, 5.41) is 0. The summed E-state index contributed by atoms with van der Waals surface area (Å²) in [5.41, 5.74) is 3.55. The topological polar surface area (TPSA) is 3.24 Å². The molecule has 2 aromatic rings. The third kappa shape index (κ3) is 3.07. The van der Waals surface area contributed by atoms with E-state index in [9.17, 15) is 0 Å². The van der Waals surface area contributed by atoms with Crippen molar-refractivity contribution < 1.29 is 0 Å². The minimum Gasteiger partial charge on any atom is -0.292 e. The zero-order valence-electron chi connectivity index (χ0n) is 14.0. The fraction of sp³-hybridized carbons (Fsp3) is 0.455. The first-order chi connectivity index (χ1) is 11.4. The van der Waals surface area contributed by atoms with Gasteiger partial charge in [-0.1, -0.05) is 73.5 Å². The second-order valence-electron chi connectivity index (χ2n) is 7.47. The molecule has 0 amide bonds. The molecule has 1 heteroatoms. The van der Waals surface area contributed by atoms with Crippen molar-refractivity contribution in [3.05, 3.63) is 71.8 Å². The van der Waals surface area contributed by atoms with Gasteiger partial charge in [0.1, 0.15) is 0 Å². The molecule has 0 atom stereocenters. The molecule has 1 nitrogen and oxygen atoms in total. The highest BCUT2D eigenvalue weighted by Crippen LogP contribution is 2.47. The lowest BCUT2D eigenvalue weighted by molar-refractivity contribution is 0.0876. The molecule has 2 aromatic carbocycles. The summed E-state index contributed by atoms with van der Waals surface area (Å²) in [4.78, 5) is 2.72. The fourth-order valence-electron chi connectivity index (χ4n) is 4.77. The Kier molecular flexibility index (Phi) is 4.22. The molecule has 2 fully saturated rings. The van der Waals surface area contributed by atoms with Gasteiger partial charge in [0.25, 0.3) is 0 Å². The largest absolute Gasteiger partial charge is 0.292 e. The van der Waals surface area contributed by atoms with Crippen molar-refractivity contribution in [3.8, 4) is 0 Å². The van der Waals surface area contributed by atoms with Gasteiger partial charge in [0.15, 0.2) is 0 Å². The van der Waals surface area contributed by atoms with Gasteiger partial charge < -0.3 is 0 Å². The van der Waals surface area contributed by atoms with Crippen LogP contribution in [0.25, 0.3) is 0 Å². The van der Waals surface area contributed by atoms with Crippen molar-refractivity contribution >= 4 is 0 Å². The van der Waals surface area contributed by atoms with Crippen LogP contribution in [0, 0.1) is 5.41 Å². The predicted octanol–water partition coefficient (Wildman–Crippen LogP) is 5.43. The van der Waals surface area contributed by atoms with E-state index < -0.39 is 0 Å². The molecule has 0 N–H and O–H groups in total. The Morgan fingerprint density at radius 1 is 0.652 bits per heavy atom. The molecule has 1 heterocycles. The van der Waals surface area contributed by atoms with E-state index in [0.717, 1.165) is 0 Å². The number of hydrogen-bond acceptors (Lipinski definition) is 1. The van der Waals surface area contributed by atoms with E-state index in [1.54, 1.807) is 0 Å². The molecule has 0 unspecified atom stereocenters. The average Bonchev–Trinajstić information content (AvgIpc) is 3.07. The predicted molar refractivity (Wildman–Crippen MR) is 96.4 cm³/mol. The van der Waals surface area contributed by atoms with E-state index >= 15 is 0 Å². The summed E-state index contributed by atoms with van der Waals surface area (Å²) < 4.78 is 0. The van der Waals surface area contributed by atoms with Crippen LogP contribution in [0.2, 0.25) is 0 Å². The molecule has 120 valence electrons. The quantitative estimate of drug-likeness (QED) is 0.730. The standard InChI is InChI=1S/C22H27N/c1-3-9-19(10-4-1)21(20-11-5-2-6-12-20)23-17-15-22(16-18-23)13-7-8-14-22/h1-6,9-12,21H,7-8,13-18H2. The first kappa shape index (κ1) is 15.0. The smallest absolute Gasteiger partial charge is 0.0601 e. The van der Waals surface area contributed by atoms with E-state index in [0.29, 0.717) is 11.5 Å². The minimum absolute atomic E-state index is 0.413. The third-order valence-electron chi connectivity index (χ3n) is 6.12. The second-order valence-corrected chi connectivity index (χ2v) is 7.47.